The van der Waals surface area contributed by atoms with Gasteiger partial charge in [0.15, 0.2) is 0 Å². The van der Waals surface area contributed by atoms with E-state index in [1.165, 1.54) is 25.7 Å². The van der Waals surface area contributed by atoms with Crippen molar-refractivity contribution in [1.29, 1.82) is 0 Å². The average molecular weight is 375 g/mol. The van der Waals surface area contributed by atoms with Crippen molar-refractivity contribution in [3.63, 3.8) is 0 Å². The molecule has 1 atom stereocenters. The molecule has 2 rings (SSSR count). The van der Waals surface area contributed by atoms with E-state index in [4.69, 9.17) is 17.3 Å². The van der Waals surface area contributed by atoms with Gasteiger partial charge in [0.05, 0.1) is 6.10 Å². The number of nitrogens with two attached hydrogens (primary N) is 1. The molecule has 0 amide bonds. The van der Waals surface area contributed by atoms with Gasteiger partial charge in [-0.15, -0.1) is 0 Å². The summed E-state index contributed by atoms with van der Waals surface area (Å²) < 4.78 is 0.905. The van der Waals surface area contributed by atoms with Crippen molar-refractivity contribution in [2.24, 2.45) is 17.1 Å². The molecular weight excluding hydrogens is 350 g/mol. The molecule has 3 N–H and O–H groups in total. The van der Waals surface area contributed by atoms with Crippen LogP contribution in [0.15, 0.2) is 22.7 Å². The van der Waals surface area contributed by atoms with E-state index in [-0.39, 0.29) is 5.41 Å². The van der Waals surface area contributed by atoms with Gasteiger partial charge < -0.3 is 10.8 Å². The van der Waals surface area contributed by atoms with E-state index in [9.17, 15) is 5.11 Å². The standard InChI is InChI=1S/C17H25BrClNO/c1-2-3-12-6-8-17(11-20,9-7-12)16(21)14-10-13(19)4-5-15(14)18/h4-5,10,12,16,21H,2-3,6-9,11,20H2,1H3. The largest absolute Gasteiger partial charge is 0.388 e. The highest BCUT2D eigenvalue weighted by molar-refractivity contribution is 9.10. The first-order valence-electron chi connectivity index (χ1n) is 7.85. The Morgan fingerprint density at radius 1 is 1.43 bits per heavy atom. The molecular formula is C17H25BrClNO. The second kappa shape index (κ2) is 7.45. The Morgan fingerprint density at radius 2 is 2.10 bits per heavy atom. The van der Waals surface area contributed by atoms with Gasteiger partial charge in [-0.1, -0.05) is 47.3 Å². The van der Waals surface area contributed by atoms with Crippen molar-refractivity contribution < 1.29 is 5.11 Å². The quantitative estimate of drug-likeness (QED) is 0.755. The summed E-state index contributed by atoms with van der Waals surface area (Å²) in [7, 11) is 0. The van der Waals surface area contributed by atoms with Crippen LogP contribution in [0.4, 0.5) is 0 Å². The molecule has 4 heteroatoms. The lowest BCUT2D eigenvalue weighted by molar-refractivity contribution is -0.0112. The van der Waals surface area contributed by atoms with Crippen molar-refractivity contribution >= 4 is 27.5 Å². The molecule has 1 aromatic rings. The Labute approximate surface area is 141 Å². The Morgan fingerprint density at radius 3 is 2.67 bits per heavy atom. The number of rotatable bonds is 5. The highest BCUT2D eigenvalue weighted by Gasteiger charge is 2.41. The first-order chi connectivity index (χ1) is 10.0. The van der Waals surface area contributed by atoms with Crippen molar-refractivity contribution in [2.75, 3.05) is 6.54 Å². The van der Waals surface area contributed by atoms with Crippen LogP contribution in [0.1, 0.15) is 57.1 Å². The summed E-state index contributed by atoms with van der Waals surface area (Å²) in [5, 5.41) is 11.6. The van der Waals surface area contributed by atoms with E-state index in [0.717, 1.165) is 28.8 Å². The van der Waals surface area contributed by atoms with E-state index in [1.807, 2.05) is 18.2 Å². The fourth-order valence-electron chi connectivity index (χ4n) is 3.59. The maximum absolute atomic E-state index is 10.9. The van der Waals surface area contributed by atoms with Crippen molar-refractivity contribution in [1.82, 2.24) is 0 Å². The van der Waals surface area contributed by atoms with Crippen molar-refractivity contribution in [3.8, 4) is 0 Å². The topological polar surface area (TPSA) is 46.2 Å². The number of hydrogen-bond acceptors (Lipinski definition) is 2. The Balaban J connectivity index is 2.19. The zero-order valence-electron chi connectivity index (χ0n) is 12.6. The minimum absolute atomic E-state index is 0.211. The molecule has 0 aromatic heterocycles. The second-order valence-corrected chi connectivity index (χ2v) is 7.66. The Bertz CT molecular complexity index is 472. The van der Waals surface area contributed by atoms with Crippen LogP contribution < -0.4 is 5.73 Å². The van der Waals surface area contributed by atoms with Crippen LogP contribution in [0, 0.1) is 11.3 Å². The maximum Gasteiger partial charge on any atom is 0.0869 e. The van der Waals surface area contributed by atoms with Crippen LogP contribution in [-0.4, -0.2) is 11.7 Å². The van der Waals surface area contributed by atoms with Gasteiger partial charge in [-0.05, 0) is 55.4 Å². The van der Waals surface area contributed by atoms with Gasteiger partial charge in [-0.25, -0.2) is 0 Å². The van der Waals surface area contributed by atoms with Gasteiger partial charge in [0, 0.05) is 21.5 Å². The highest BCUT2D eigenvalue weighted by atomic mass is 79.9. The summed E-state index contributed by atoms with van der Waals surface area (Å²) in [6, 6.07) is 5.58. The first-order valence-corrected chi connectivity index (χ1v) is 9.02. The lowest BCUT2D eigenvalue weighted by Gasteiger charge is -2.43. The summed E-state index contributed by atoms with van der Waals surface area (Å²) in [5.74, 6) is 0.796. The third kappa shape index (κ3) is 3.82. The summed E-state index contributed by atoms with van der Waals surface area (Å²) >= 11 is 9.62. The lowest BCUT2D eigenvalue weighted by Crippen LogP contribution is -2.40. The van der Waals surface area contributed by atoms with E-state index in [1.54, 1.807) is 0 Å². The fraction of sp³-hybridized carbons (Fsp3) is 0.647. The second-order valence-electron chi connectivity index (χ2n) is 6.37. The van der Waals surface area contributed by atoms with E-state index >= 15 is 0 Å². The molecule has 21 heavy (non-hydrogen) atoms. The van der Waals surface area contributed by atoms with Crippen LogP contribution in [0.2, 0.25) is 5.02 Å². The average Bonchev–Trinajstić information content (AvgIpc) is 2.50. The first kappa shape index (κ1) is 17.3. The molecule has 0 bridgehead atoms. The fourth-order valence-corrected chi connectivity index (χ4v) is 4.24. The number of halogens is 2. The predicted octanol–water partition coefficient (Wildman–Crippen LogP) is 5.07. The number of aliphatic hydroxyl groups excluding tert-OH is 1. The number of benzene rings is 1. The van der Waals surface area contributed by atoms with Crippen LogP contribution >= 0.6 is 27.5 Å². The number of hydrogen-bond donors (Lipinski definition) is 2. The summed E-state index contributed by atoms with van der Waals surface area (Å²) in [6.45, 7) is 2.76. The molecule has 2 nitrogen and oxygen atoms in total. The lowest BCUT2D eigenvalue weighted by atomic mass is 9.65. The smallest absolute Gasteiger partial charge is 0.0869 e. The summed E-state index contributed by atoms with van der Waals surface area (Å²) in [5.41, 5.74) is 6.73. The third-order valence-electron chi connectivity index (χ3n) is 5.04. The molecule has 1 aliphatic rings. The van der Waals surface area contributed by atoms with Gasteiger partial charge in [-0.3, -0.25) is 0 Å². The minimum Gasteiger partial charge on any atom is -0.388 e. The summed E-state index contributed by atoms with van der Waals surface area (Å²) in [6.07, 6.45) is 6.29. The van der Waals surface area contributed by atoms with E-state index in [2.05, 4.69) is 22.9 Å². The Hall–Kier alpha value is -0.0900. The van der Waals surface area contributed by atoms with Crippen LogP contribution in [0.3, 0.4) is 0 Å². The molecule has 1 unspecified atom stereocenters. The SMILES string of the molecule is CCCC1CCC(CN)(C(O)c2cc(Cl)ccc2Br)CC1. The number of aliphatic hydroxyl groups is 1. The molecule has 0 saturated heterocycles. The Kier molecular flexibility index (Phi) is 6.13. The van der Waals surface area contributed by atoms with Gasteiger partial charge in [0.25, 0.3) is 0 Å². The molecule has 1 aromatic carbocycles. The minimum atomic E-state index is -0.557. The van der Waals surface area contributed by atoms with Crippen molar-refractivity contribution in [3.05, 3.63) is 33.3 Å². The van der Waals surface area contributed by atoms with Gasteiger partial charge in [0.1, 0.15) is 0 Å². The molecule has 118 valence electrons. The molecule has 1 aliphatic carbocycles. The molecule has 0 spiro atoms. The van der Waals surface area contributed by atoms with Gasteiger partial charge >= 0.3 is 0 Å². The third-order valence-corrected chi connectivity index (χ3v) is 5.99. The van der Waals surface area contributed by atoms with Crippen molar-refractivity contribution in [2.45, 2.75) is 51.6 Å². The molecule has 0 aliphatic heterocycles. The molecule has 0 heterocycles. The van der Waals surface area contributed by atoms with Gasteiger partial charge in [-0.2, -0.15) is 0 Å². The monoisotopic (exact) mass is 373 g/mol. The van der Waals surface area contributed by atoms with E-state index in [0.29, 0.717) is 11.6 Å². The predicted molar refractivity (Wildman–Crippen MR) is 92.5 cm³/mol. The normalized spacial score (nSPS) is 27.6. The summed E-state index contributed by atoms with van der Waals surface area (Å²) in [4.78, 5) is 0. The molecule has 0 radical (unpaired) electrons. The molecule has 1 saturated carbocycles. The zero-order chi connectivity index (χ0) is 15.5. The maximum atomic E-state index is 10.9. The van der Waals surface area contributed by atoms with Crippen LogP contribution in [-0.2, 0) is 0 Å². The zero-order valence-corrected chi connectivity index (χ0v) is 15.0. The van der Waals surface area contributed by atoms with Crippen LogP contribution in [0.25, 0.3) is 0 Å². The van der Waals surface area contributed by atoms with E-state index < -0.39 is 6.10 Å². The molecule has 1 fully saturated rings. The highest BCUT2D eigenvalue weighted by Crippen LogP contribution is 2.49. The van der Waals surface area contributed by atoms with Gasteiger partial charge in [0.2, 0.25) is 0 Å². The van der Waals surface area contributed by atoms with Crippen LogP contribution in [0.5, 0.6) is 0 Å².